The number of benzene rings is 2. The number of nitrogens with one attached hydrogen (secondary N) is 1. The number of hydrogen-bond acceptors (Lipinski definition) is 5. The number of anilines is 1. The molecule has 3 rings (SSSR count). The van der Waals surface area contributed by atoms with Crippen molar-refractivity contribution in [3.63, 3.8) is 0 Å². The number of aryl methyl sites for hydroxylation is 2. The van der Waals surface area contributed by atoms with Crippen molar-refractivity contribution in [3.8, 4) is 6.07 Å². The van der Waals surface area contributed by atoms with Crippen molar-refractivity contribution >= 4 is 28.5 Å². The normalized spacial score (nSPS) is 10.5. The summed E-state index contributed by atoms with van der Waals surface area (Å²) in [4.78, 5) is 26.6. The van der Waals surface area contributed by atoms with E-state index in [1.54, 1.807) is 18.2 Å². The van der Waals surface area contributed by atoms with Crippen LogP contribution < -0.4 is 4.90 Å². The highest BCUT2D eigenvalue weighted by molar-refractivity contribution is 6.03. The topological polar surface area (TPSA) is 99.1 Å². The van der Waals surface area contributed by atoms with Crippen LogP contribution in [0.5, 0.6) is 0 Å². The van der Waals surface area contributed by atoms with Crippen LogP contribution in [-0.2, 0) is 9.53 Å². The number of para-hydroxylation sites is 1. The molecule has 0 saturated heterocycles. The van der Waals surface area contributed by atoms with E-state index in [4.69, 9.17) is 10.00 Å². The van der Waals surface area contributed by atoms with Crippen molar-refractivity contribution < 1.29 is 14.3 Å². The summed E-state index contributed by atoms with van der Waals surface area (Å²) < 4.78 is 5.20. The first-order valence-electron chi connectivity index (χ1n) is 8.85. The van der Waals surface area contributed by atoms with Gasteiger partial charge in [0, 0.05) is 17.6 Å². The van der Waals surface area contributed by atoms with Gasteiger partial charge in [-0.2, -0.15) is 10.4 Å². The van der Waals surface area contributed by atoms with Crippen LogP contribution >= 0.6 is 0 Å². The highest BCUT2D eigenvalue weighted by Gasteiger charge is 2.21. The summed E-state index contributed by atoms with van der Waals surface area (Å²) in [6.07, 6.45) is 0.177. The largest absolute Gasteiger partial charge is 0.451 e. The molecule has 1 aromatic heterocycles. The fraction of sp³-hybridized carbons (Fsp3) is 0.238. The van der Waals surface area contributed by atoms with E-state index >= 15 is 0 Å². The molecule has 1 N–H and O–H groups in total. The number of nitriles is 1. The molecule has 0 unspecified atom stereocenters. The lowest BCUT2D eigenvalue weighted by Crippen LogP contribution is -2.35. The van der Waals surface area contributed by atoms with Crippen molar-refractivity contribution in [3.05, 3.63) is 59.3 Å². The number of ether oxygens (including phenoxy) is 1. The predicted molar refractivity (Wildman–Crippen MR) is 105 cm³/mol. The summed E-state index contributed by atoms with van der Waals surface area (Å²) in [5, 5.41) is 16.3. The van der Waals surface area contributed by atoms with Crippen molar-refractivity contribution in [2.75, 3.05) is 18.1 Å². The van der Waals surface area contributed by atoms with Crippen LogP contribution in [0.25, 0.3) is 10.9 Å². The van der Waals surface area contributed by atoms with Gasteiger partial charge < -0.3 is 9.64 Å². The summed E-state index contributed by atoms with van der Waals surface area (Å²) in [5.74, 6) is -1.07. The number of carbonyl (C=O) groups excluding carboxylic acids is 2. The number of fused-ring (bicyclic) bond motifs is 1. The number of aromatic amines is 1. The zero-order valence-electron chi connectivity index (χ0n) is 15.7. The van der Waals surface area contributed by atoms with Gasteiger partial charge in [-0.25, -0.2) is 4.79 Å². The van der Waals surface area contributed by atoms with E-state index in [2.05, 4.69) is 10.2 Å². The van der Waals surface area contributed by atoms with Crippen LogP contribution in [0.4, 0.5) is 5.69 Å². The zero-order chi connectivity index (χ0) is 20.1. The summed E-state index contributed by atoms with van der Waals surface area (Å²) in [5.41, 5.74) is 3.54. The van der Waals surface area contributed by atoms with Crippen LogP contribution in [0.15, 0.2) is 42.5 Å². The molecule has 1 amide bonds. The van der Waals surface area contributed by atoms with Crippen molar-refractivity contribution in [2.24, 2.45) is 0 Å². The second-order valence-electron chi connectivity index (χ2n) is 6.49. The minimum Gasteiger partial charge on any atom is -0.451 e. The summed E-state index contributed by atoms with van der Waals surface area (Å²) in [7, 11) is 0. The minimum atomic E-state index is -0.675. The maximum absolute atomic E-state index is 12.7. The summed E-state index contributed by atoms with van der Waals surface area (Å²) in [6, 6.07) is 15.0. The van der Waals surface area contributed by atoms with Crippen LogP contribution in [0.2, 0.25) is 0 Å². The average molecular weight is 376 g/mol. The zero-order valence-corrected chi connectivity index (χ0v) is 15.7. The van der Waals surface area contributed by atoms with Gasteiger partial charge in [-0.1, -0.05) is 24.3 Å². The number of esters is 1. The maximum Gasteiger partial charge on any atom is 0.359 e. The first-order chi connectivity index (χ1) is 13.5. The van der Waals surface area contributed by atoms with Crippen LogP contribution in [0.3, 0.4) is 0 Å². The highest BCUT2D eigenvalue weighted by Crippen LogP contribution is 2.20. The molecule has 0 aliphatic rings. The third-order valence-electron chi connectivity index (χ3n) is 4.26. The number of aromatic nitrogens is 2. The van der Waals surface area contributed by atoms with E-state index in [9.17, 15) is 9.59 Å². The number of amides is 1. The molecular formula is C21H20N4O3. The van der Waals surface area contributed by atoms with Gasteiger partial charge in [0.1, 0.15) is 0 Å². The molecule has 0 fully saturated rings. The number of nitrogens with zero attached hydrogens (tertiary/aromatic N) is 3. The third kappa shape index (κ3) is 4.18. The Balaban J connectivity index is 1.74. The molecule has 0 aliphatic carbocycles. The Morgan fingerprint density at radius 2 is 1.89 bits per heavy atom. The van der Waals surface area contributed by atoms with Crippen LogP contribution in [-0.4, -0.2) is 35.2 Å². The smallest absolute Gasteiger partial charge is 0.359 e. The fourth-order valence-electron chi connectivity index (χ4n) is 3.06. The van der Waals surface area contributed by atoms with Gasteiger partial charge in [0.15, 0.2) is 12.3 Å². The monoisotopic (exact) mass is 376 g/mol. The van der Waals surface area contributed by atoms with Gasteiger partial charge in [-0.3, -0.25) is 9.89 Å². The molecular weight excluding hydrogens is 356 g/mol. The molecule has 0 spiro atoms. The Morgan fingerprint density at radius 3 is 2.61 bits per heavy atom. The molecule has 0 saturated carbocycles. The standard InChI is InChI=1S/C21H20N4O3/c1-14-10-15(2)12-16(11-14)25(9-5-8-22)19(26)13-28-21(27)20-17-6-3-4-7-18(17)23-24-20/h3-4,6-7,10-12H,5,9,13H2,1-2H3,(H,23,24). The SMILES string of the molecule is Cc1cc(C)cc(N(CCC#N)C(=O)COC(=O)c2n[nH]c3ccccc23)c1. The van der Waals surface area contributed by atoms with Crippen LogP contribution in [0, 0.1) is 25.2 Å². The molecule has 0 bridgehead atoms. The van der Waals surface area contributed by atoms with Crippen molar-refractivity contribution in [1.82, 2.24) is 10.2 Å². The molecule has 142 valence electrons. The molecule has 0 aliphatic heterocycles. The molecule has 2 aromatic carbocycles. The summed E-state index contributed by atoms with van der Waals surface area (Å²) >= 11 is 0. The lowest BCUT2D eigenvalue weighted by molar-refractivity contribution is -0.121. The Morgan fingerprint density at radius 1 is 1.18 bits per heavy atom. The maximum atomic E-state index is 12.7. The van der Waals surface area contributed by atoms with E-state index in [1.807, 2.05) is 44.2 Å². The van der Waals surface area contributed by atoms with Crippen molar-refractivity contribution in [2.45, 2.75) is 20.3 Å². The average Bonchev–Trinajstić information content (AvgIpc) is 3.10. The lowest BCUT2D eigenvalue weighted by atomic mass is 10.1. The molecule has 1 heterocycles. The highest BCUT2D eigenvalue weighted by atomic mass is 16.5. The first kappa shape index (κ1) is 19.1. The van der Waals surface area contributed by atoms with Gasteiger partial charge in [-0.05, 0) is 43.2 Å². The van der Waals surface area contributed by atoms with Crippen molar-refractivity contribution in [1.29, 1.82) is 5.26 Å². The Labute approximate surface area is 162 Å². The quantitative estimate of drug-likeness (QED) is 0.666. The first-order valence-corrected chi connectivity index (χ1v) is 8.85. The second-order valence-corrected chi connectivity index (χ2v) is 6.49. The fourth-order valence-corrected chi connectivity index (χ4v) is 3.06. The van der Waals surface area contributed by atoms with Gasteiger partial charge in [0.25, 0.3) is 5.91 Å². The lowest BCUT2D eigenvalue weighted by Gasteiger charge is -2.22. The number of hydrogen-bond donors (Lipinski definition) is 1. The molecule has 7 nitrogen and oxygen atoms in total. The van der Waals surface area contributed by atoms with E-state index < -0.39 is 18.5 Å². The van der Waals surface area contributed by atoms with Crippen LogP contribution in [0.1, 0.15) is 28.0 Å². The van der Waals surface area contributed by atoms with Gasteiger partial charge in [0.2, 0.25) is 0 Å². The molecule has 0 atom stereocenters. The minimum absolute atomic E-state index is 0.137. The van der Waals surface area contributed by atoms with Gasteiger partial charge >= 0.3 is 5.97 Å². The number of rotatable bonds is 6. The van der Waals surface area contributed by atoms with Gasteiger partial charge in [-0.15, -0.1) is 0 Å². The number of H-pyrrole nitrogens is 1. The molecule has 3 aromatic rings. The predicted octanol–water partition coefficient (Wildman–Crippen LogP) is 3.28. The van der Waals surface area contributed by atoms with E-state index in [-0.39, 0.29) is 18.7 Å². The Bertz CT molecular complexity index is 1040. The Kier molecular flexibility index (Phi) is 5.70. The summed E-state index contributed by atoms with van der Waals surface area (Å²) in [6.45, 7) is 3.66. The molecule has 7 heteroatoms. The van der Waals surface area contributed by atoms with E-state index in [1.165, 1.54) is 4.90 Å². The molecule has 0 radical (unpaired) electrons. The number of carbonyl (C=O) groups is 2. The third-order valence-corrected chi connectivity index (χ3v) is 4.26. The Hall–Kier alpha value is -3.66. The van der Waals surface area contributed by atoms with E-state index in [0.717, 1.165) is 11.1 Å². The van der Waals surface area contributed by atoms with E-state index in [0.29, 0.717) is 16.6 Å². The second kappa shape index (κ2) is 8.35. The van der Waals surface area contributed by atoms with Gasteiger partial charge in [0.05, 0.1) is 18.0 Å². The molecule has 28 heavy (non-hydrogen) atoms.